The Labute approximate surface area is 309 Å². The van der Waals surface area contributed by atoms with Gasteiger partial charge >= 0.3 is 0 Å². The molecule has 10 rings (SSSR count). The van der Waals surface area contributed by atoms with Gasteiger partial charge in [0.2, 0.25) is 0 Å². The van der Waals surface area contributed by atoms with Gasteiger partial charge in [0, 0.05) is 40.0 Å². The second-order valence-electron chi connectivity index (χ2n) is 15.5. The molecule has 0 N–H and O–H groups in total. The van der Waals surface area contributed by atoms with Crippen LogP contribution in [0.4, 0.5) is 11.4 Å². The highest BCUT2D eigenvalue weighted by atomic mass is 31.2. The molecule has 4 aliphatic rings. The molecule has 1 nitrogen and oxygen atoms in total. The maximum Gasteiger partial charge on any atom is 0.112 e. The van der Waals surface area contributed by atoms with E-state index in [0.717, 1.165) is 25.7 Å². The quantitative estimate of drug-likeness (QED) is 0.132. The number of aryl methyl sites for hydroxylation is 2. The SMILES string of the molecule is CC1(C)c2ccccc2-c2ccc(/C=C/c3ccc4c(c3)C3=C(CCC(N5c6ccccc6CCc6ccccc65)=C3)[P+]4(C)c3ccccc3)cc21. The Hall–Kier alpha value is -5.23. The Bertz CT molecular complexity index is 2470. The minimum Gasteiger partial charge on any atom is -0.314 e. The lowest BCUT2D eigenvalue weighted by molar-refractivity contribution is 0.660. The van der Waals surface area contributed by atoms with Gasteiger partial charge in [-0.3, -0.25) is 0 Å². The van der Waals surface area contributed by atoms with Crippen molar-refractivity contribution in [2.24, 2.45) is 0 Å². The van der Waals surface area contributed by atoms with Crippen LogP contribution in [0.1, 0.15) is 65.6 Å². The molecule has 0 aromatic heterocycles. The largest absolute Gasteiger partial charge is 0.314 e. The zero-order valence-electron chi connectivity index (χ0n) is 30.2. The summed E-state index contributed by atoms with van der Waals surface area (Å²) in [5.74, 6) is 0. The fraction of sp³-hybridized carbons (Fsp3) is 0.160. The maximum atomic E-state index is 2.59. The standard InChI is InChI=1S/C50H43NP/c1-50(2)44-18-10-9-17-40(44)41-28-23-35(32-45(41)50)22-21-34-24-29-48-42(31-34)43-33-38(27-30-49(43)52(48,3)39-15-5-4-6-16-39)51-46-19-11-7-13-36(46)25-26-37-14-8-12-20-47(37)51/h4-24,28-29,31-33H,25-27,30H2,1-3H3/q+1/b22-21+. The van der Waals surface area contributed by atoms with Gasteiger partial charge in [0.25, 0.3) is 0 Å². The van der Waals surface area contributed by atoms with Crippen LogP contribution in [0.2, 0.25) is 0 Å². The van der Waals surface area contributed by atoms with Crippen molar-refractivity contribution >= 4 is 47.0 Å². The number of benzene rings is 6. The van der Waals surface area contributed by atoms with Gasteiger partial charge in [0.05, 0.1) is 12.0 Å². The van der Waals surface area contributed by atoms with Gasteiger partial charge < -0.3 is 4.90 Å². The third-order valence-electron chi connectivity index (χ3n) is 12.3. The Kier molecular flexibility index (Phi) is 7.21. The summed E-state index contributed by atoms with van der Waals surface area (Å²) in [5, 5.41) is 4.65. The normalized spacial score (nSPS) is 19.3. The molecule has 0 spiro atoms. The number of para-hydroxylation sites is 2. The zero-order valence-corrected chi connectivity index (χ0v) is 31.1. The first-order valence-electron chi connectivity index (χ1n) is 18.8. The van der Waals surface area contributed by atoms with Gasteiger partial charge in [0.1, 0.15) is 17.9 Å². The predicted octanol–water partition coefficient (Wildman–Crippen LogP) is 12.1. The van der Waals surface area contributed by atoms with Crippen LogP contribution in [0.3, 0.4) is 0 Å². The zero-order chi connectivity index (χ0) is 35.0. The lowest BCUT2D eigenvalue weighted by atomic mass is 9.82. The highest BCUT2D eigenvalue weighted by Crippen LogP contribution is 2.69. The average molecular weight is 689 g/mol. The number of hydrogen-bond donors (Lipinski definition) is 0. The summed E-state index contributed by atoms with van der Waals surface area (Å²) >= 11 is 0. The Morgan fingerprint density at radius 1 is 0.558 bits per heavy atom. The van der Waals surface area contributed by atoms with E-state index in [1.807, 2.05) is 0 Å². The van der Waals surface area contributed by atoms with Crippen molar-refractivity contribution in [3.05, 3.63) is 196 Å². The van der Waals surface area contributed by atoms with Crippen LogP contribution in [0.5, 0.6) is 0 Å². The second-order valence-corrected chi connectivity index (χ2v) is 19.1. The molecule has 0 fully saturated rings. The molecule has 252 valence electrons. The van der Waals surface area contributed by atoms with Crippen molar-refractivity contribution in [3.8, 4) is 11.1 Å². The molecule has 6 aromatic carbocycles. The highest BCUT2D eigenvalue weighted by Gasteiger charge is 2.51. The molecule has 1 atom stereocenters. The van der Waals surface area contributed by atoms with E-state index in [2.05, 4.69) is 183 Å². The monoisotopic (exact) mass is 688 g/mol. The van der Waals surface area contributed by atoms with E-state index in [4.69, 9.17) is 0 Å². The summed E-state index contributed by atoms with van der Waals surface area (Å²) in [6, 6.07) is 52.7. The van der Waals surface area contributed by atoms with E-state index in [1.165, 1.54) is 83.3 Å². The molecule has 0 saturated heterocycles. The van der Waals surface area contributed by atoms with Gasteiger partial charge in [-0.25, -0.2) is 0 Å². The number of allylic oxidation sites excluding steroid dienone is 4. The van der Waals surface area contributed by atoms with E-state index < -0.39 is 7.26 Å². The van der Waals surface area contributed by atoms with Gasteiger partial charge in [-0.15, -0.1) is 0 Å². The smallest absolute Gasteiger partial charge is 0.112 e. The van der Waals surface area contributed by atoms with E-state index >= 15 is 0 Å². The van der Waals surface area contributed by atoms with Gasteiger partial charge in [0.15, 0.2) is 0 Å². The lowest BCUT2D eigenvalue weighted by Crippen LogP contribution is -2.22. The van der Waals surface area contributed by atoms with Crippen LogP contribution in [0.15, 0.2) is 157 Å². The van der Waals surface area contributed by atoms with Crippen molar-refractivity contribution in [2.75, 3.05) is 11.6 Å². The Morgan fingerprint density at radius 2 is 1.17 bits per heavy atom. The van der Waals surface area contributed by atoms with Crippen molar-refractivity contribution in [1.82, 2.24) is 0 Å². The van der Waals surface area contributed by atoms with E-state index in [1.54, 1.807) is 5.31 Å². The van der Waals surface area contributed by atoms with Crippen molar-refractivity contribution in [1.29, 1.82) is 0 Å². The summed E-state index contributed by atoms with van der Waals surface area (Å²) in [7, 11) is -1.76. The molecule has 0 bridgehead atoms. The van der Waals surface area contributed by atoms with Gasteiger partial charge in [-0.2, -0.15) is 0 Å². The van der Waals surface area contributed by atoms with Crippen LogP contribution in [0.25, 0.3) is 28.9 Å². The number of hydrogen-bond acceptors (Lipinski definition) is 1. The molecule has 1 unspecified atom stereocenters. The molecule has 0 radical (unpaired) electrons. The minimum atomic E-state index is -1.76. The molecule has 0 saturated carbocycles. The summed E-state index contributed by atoms with van der Waals surface area (Å²) in [6.45, 7) is 7.29. The van der Waals surface area contributed by atoms with E-state index in [9.17, 15) is 0 Å². The maximum absolute atomic E-state index is 2.59. The Balaban J connectivity index is 1.08. The first kappa shape index (κ1) is 31.5. The summed E-state index contributed by atoms with van der Waals surface area (Å²) in [6.07, 6.45) is 11.4. The van der Waals surface area contributed by atoms with Crippen LogP contribution in [-0.4, -0.2) is 6.66 Å². The van der Waals surface area contributed by atoms with Gasteiger partial charge in [-0.1, -0.05) is 129 Å². The topological polar surface area (TPSA) is 3.24 Å². The average Bonchev–Trinajstić information content (AvgIpc) is 3.48. The fourth-order valence-electron chi connectivity index (χ4n) is 9.61. The minimum absolute atomic E-state index is 0.00273. The van der Waals surface area contributed by atoms with Crippen LogP contribution in [-0.2, 0) is 18.3 Å². The highest BCUT2D eigenvalue weighted by molar-refractivity contribution is 7.93. The lowest BCUT2D eigenvalue weighted by Gasteiger charge is -2.32. The van der Waals surface area contributed by atoms with E-state index in [-0.39, 0.29) is 5.41 Å². The third kappa shape index (κ3) is 4.72. The van der Waals surface area contributed by atoms with Crippen LogP contribution in [0, 0.1) is 0 Å². The van der Waals surface area contributed by atoms with Gasteiger partial charge in [-0.05, 0) is 106 Å². The molecular formula is C50H43NP+. The molecule has 6 aromatic rings. The van der Waals surface area contributed by atoms with Crippen LogP contribution < -0.4 is 15.5 Å². The molecular weight excluding hydrogens is 646 g/mol. The first-order valence-corrected chi connectivity index (χ1v) is 21.0. The number of rotatable bonds is 4. The summed E-state index contributed by atoms with van der Waals surface area (Å²) in [4.78, 5) is 2.59. The molecule has 2 heterocycles. The first-order chi connectivity index (χ1) is 25.4. The van der Waals surface area contributed by atoms with Crippen molar-refractivity contribution in [3.63, 3.8) is 0 Å². The predicted molar refractivity (Wildman–Crippen MR) is 225 cm³/mol. The van der Waals surface area contributed by atoms with E-state index in [0.29, 0.717) is 0 Å². The number of nitrogens with zero attached hydrogens (tertiary/aromatic N) is 1. The fourth-order valence-corrected chi connectivity index (χ4v) is 13.5. The number of anilines is 2. The van der Waals surface area contributed by atoms with Crippen molar-refractivity contribution in [2.45, 2.75) is 44.9 Å². The third-order valence-corrected chi connectivity index (χ3v) is 16.6. The molecule has 0 amide bonds. The summed E-state index contributed by atoms with van der Waals surface area (Å²) in [5.41, 5.74) is 17.9. The summed E-state index contributed by atoms with van der Waals surface area (Å²) < 4.78 is 0. The Morgan fingerprint density at radius 3 is 1.92 bits per heavy atom. The van der Waals surface area contributed by atoms with Crippen molar-refractivity contribution < 1.29 is 0 Å². The molecule has 2 aliphatic heterocycles. The second kappa shape index (κ2) is 11.9. The molecule has 2 aliphatic carbocycles. The number of fused-ring (bicyclic) bond motifs is 7. The molecule has 2 heteroatoms. The molecule has 52 heavy (non-hydrogen) atoms. The van der Waals surface area contributed by atoms with Crippen LogP contribution >= 0.6 is 7.26 Å².